The summed E-state index contributed by atoms with van der Waals surface area (Å²) in [6.45, 7) is 2.24. The van der Waals surface area contributed by atoms with E-state index in [0.29, 0.717) is 38.9 Å². The van der Waals surface area contributed by atoms with Gasteiger partial charge in [-0.05, 0) is 77.1 Å². The Morgan fingerprint density at radius 3 is 1.52 bits per heavy atom. The normalized spacial score (nSPS) is 18.3. The first-order chi connectivity index (χ1) is 22.5. The molecule has 0 fully saturated rings. The number of hydrogen-bond donors (Lipinski definition) is 2. The number of benzene rings is 5. The molecular formula is C44H38O2. The molecule has 0 unspecified atom stereocenters. The second kappa shape index (κ2) is 12.5. The molecule has 5 aromatic rings. The van der Waals surface area contributed by atoms with Crippen LogP contribution in [0.2, 0.25) is 0 Å². The van der Waals surface area contributed by atoms with E-state index >= 15 is 0 Å². The summed E-state index contributed by atoms with van der Waals surface area (Å²) in [5.74, 6) is 13.4. The summed E-state index contributed by atoms with van der Waals surface area (Å²) in [7, 11) is 0. The van der Waals surface area contributed by atoms with E-state index in [1.54, 1.807) is 0 Å². The third kappa shape index (κ3) is 5.05. The van der Waals surface area contributed by atoms with Crippen LogP contribution in [0.1, 0.15) is 107 Å². The molecule has 2 heteroatoms. The molecule has 2 atom stereocenters. The summed E-state index contributed by atoms with van der Waals surface area (Å²) in [6, 6.07) is 37.7. The van der Waals surface area contributed by atoms with Crippen molar-refractivity contribution in [3.63, 3.8) is 0 Å². The van der Waals surface area contributed by atoms with E-state index in [1.165, 1.54) is 37.7 Å². The van der Waals surface area contributed by atoms with Crippen LogP contribution in [0.4, 0.5) is 0 Å². The fraction of sp³-hybridized carbons (Fsp3) is 0.227. The first-order valence-electron chi connectivity index (χ1n) is 16.6. The Morgan fingerprint density at radius 2 is 0.957 bits per heavy atom. The Kier molecular flexibility index (Phi) is 8.11. The van der Waals surface area contributed by atoms with E-state index in [-0.39, 0.29) is 0 Å². The monoisotopic (exact) mass is 598 g/mol. The topological polar surface area (TPSA) is 40.5 Å². The van der Waals surface area contributed by atoms with Crippen LogP contribution in [-0.4, -0.2) is 10.2 Å². The lowest BCUT2D eigenvalue weighted by molar-refractivity contribution is 0.0489. The lowest BCUT2D eigenvalue weighted by Crippen LogP contribution is -2.51. The molecule has 3 aliphatic carbocycles. The van der Waals surface area contributed by atoms with Crippen LogP contribution in [0.5, 0.6) is 0 Å². The van der Waals surface area contributed by atoms with E-state index in [4.69, 9.17) is 0 Å². The standard InChI is InChI=1S/C44H38O2/c1-2-3-4-5-6-9-20-34-25-30-39-40(31-34)44(46)38-22-15-14-21-37(38)43(39,45)41-35(26-23-32-16-10-7-11-17-32)28-29-36(42(41)44)27-24-33-18-12-8-13-19-33/h7-8,10-19,21-22,25,28-31,45-46H,2-6,9,20H2,1H3/t43-,44-/m1/s1. The molecule has 0 amide bonds. The average molecular weight is 599 g/mol. The SMILES string of the molecule is CCCCCCCCc1ccc2c(c1)[C@]1(O)c3ccccc3[C@]2(O)c2c(C#Cc3ccccc3)ccc(C#Cc3ccccc3)c21. The van der Waals surface area contributed by atoms with Crippen LogP contribution in [0.25, 0.3) is 0 Å². The molecule has 3 aliphatic rings. The van der Waals surface area contributed by atoms with Crippen LogP contribution < -0.4 is 0 Å². The minimum Gasteiger partial charge on any atom is -0.376 e. The number of unbranched alkanes of at least 4 members (excludes halogenated alkanes) is 5. The summed E-state index contributed by atoms with van der Waals surface area (Å²) in [6.07, 6.45) is 8.29. The van der Waals surface area contributed by atoms with Crippen molar-refractivity contribution in [3.05, 3.63) is 176 Å². The van der Waals surface area contributed by atoms with E-state index in [1.807, 2.05) is 103 Å². The van der Waals surface area contributed by atoms with Gasteiger partial charge in [0.1, 0.15) is 11.2 Å². The molecule has 2 bridgehead atoms. The molecule has 0 radical (unpaired) electrons. The molecule has 226 valence electrons. The molecule has 0 aliphatic heterocycles. The number of hydrogen-bond acceptors (Lipinski definition) is 2. The van der Waals surface area contributed by atoms with Crippen molar-refractivity contribution in [1.82, 2.24) is 0 Å². The lowest BCUT2D eigenvalue weighted by Gasteiger charge is -2.52. The Balaban J connectivity index is 1.42. The van der Waals surface area contributed by atoms with Gasteiger partial charge in [-0.3, -0.25) is 0 Å². The molecule has 5 aromatic carbocycles. The van der Waals surface area contributed by atoms with Gasteiger partial charge in [0.15, 0.2) is 0 Å². The van der Waals surface area contributed by atoms with Gasteiger partial charge in [0.2, 0.25) is 0 Å². The van der Waals surface area contributed by atoms with Crippen LogP contribution in [0.3, 0.4) is 0 Å². The first kappa shape index (κ1) is 29.8. The average Bonchev–Trinajstić information content (AvgIpc) is 3.10. The maximum Gasteiger partial charge on any atom is 0.143 e. The zero-order valence-electron chi connectivity index (χ0n) is 26.3. The van der Waals surface area contributed by atoms with E-state index < -0.39 is 11.2 Å². The van der Waals surface area contributed by atoms with Gasteiger partial charge < -0.3 is 10.2 Å². The fourth-order valence-corrected chi connectivity index (χ4v) is 7.30. The van der Waals surface area contributed by atoms with Crippen molar-refractivity contribution in [3.8, 4) is 23.7 Å². The van der Waals surface area contributed by atoms with Crippen LogP contribution in [-0.2, 0) is 17.6 Å². The minimum atomic E-state index is -1.51. The van der Waals surface area contributed by atoms with Gasteiger partial charge in [-0.15, -0.1) is 0 Å². The van der Waals surface area contributed by atoms with Gasteiger partial charge in [-0.1, -0.05) is 142 Å². The quantitative estimate of drug-likeness (QED) is 0.146. The highest BCUT2D eigenvalue weighted by Gasteiger charge is 2.59. The Labute approximate surface area is 272 Å². The summed E-state index contributed by atoms with van der Waals surface area (Å²) < 4.78 is 0. The Hall–Kier alpha value is -4.86. The molecule has 46 heavy (non-hydrogen) atoms. The molecule has 2 nitrogen and oxygen atoms in total. The van der Waals surface area contributed by atoms with Gasteiger partial charge in [0, 0.05) is 33.4 Å². The molecule has 0 heterocycles. The lowest BCUT2D eigenvalue weighted by atomic mass is 9.54. The number of aryl methyl sites for hydroxylation is 1. The van der Waals surface area contributed by atoms with Gasteiger partial charge in [-0.2, -0.15) is 0 Å². The van der Waals surface area contributed by atoms with Gasteiger partial charge in [-0.25, -0.2) is 0 Å². The molecule has 8 rings (SSSR count). The molecule has 0 saturated heterocycles. The highest BCUT2D eigenvalue weighted by atomic mass is 16.3. The number of aliphatic hydroxyl groups is 2. The van der Waals surface area contributed by atoms with Crippen LogP contribution in [0, 0.1) is 23.7 Å². The smallest absolute Gasteiger partial charge is 0.143 e. The van der Waals surface area contributed by atoms with Gasteiger partial charge in [0.25, 0.3) is 0 Å². The van der Waals surface area contributed by atoms with Crippen molar-refractivity contribution >= 4 is 0 Å². The summed E-state index contributed by atoms with van der Waals surface area (Å²) in [5, 5.41) is 26.4. The maximum absolute atomic E-state index is 13.2. The van der Waals surface area contributed by atoms with Crippen molar-refractivity contribution in [2.45, 2.75) is 63.1 Å². The van der Waals surface area contributed by atoms with Crippen molar-refractivity contribution < 1.29 is 10.2 Å². The largest absolute Gasteiger partial charge is 0.376 e. The summed E-state index contributed by atoms with van der Waals surface area (Å²) >= 11 is 0. The third-order valence-corrected chi connectivity index (χ3v) is 9.55. The zero-order valence-corrected chi connectivity index (χ0v) is 26.3. The van der Waals surface area contributed by atoms with E-state index in [9.17, 15) is 10.2 Å². The molecule has 0 aromatic heterocycles. The first-order valence-corrected chi connectivity index (χ1v) is 16.6. The Bertz CT molecular complexity index is 2020. The third-order valence-electron chi connectivity index (χ3n) is 9.55. The van der Waals surface area contributed by atoms with Gasteiger partial charge in [0.05, 0.1) is 0 Å². The van der Waals surface area contributed by atoms with Gasteiger partial charge >= 0.3 is 0 Å². The van der Waals surface area contributed by atoms with Crippen LogP contribution in [0.15, 0.2) is 115 Å². The Morgan fingerprint density at radius 1 is 0.478 bits per heavy atom. The second-order valence-corrected chi connectivity index (χ2v) is 12.5. The van der Waals surface area contributed by atoms with Crippen molar-refractivity contribution in [2.24, 2.45) is 0 Å². The maximum atomic E-state index is 13.2. The van der Waals surface area contributed by atoms with Crippen LogP contribution >= 0.6 is 0 Å². The number of rotatable bonds is 7. The second-order valence-electron chi connectivity index (χ2n) is 12.5. The summed E-state index contributed by atoms with van der Waals surface area (Å²) in [5.41, 5.74) is 5.39. The highest BCUT2D eigenvalue weighted by Crippen LogP contribution is 2.61. The summed E-state index contributed by atoms with van der Waals surface area (Å²) in [4.78, 5) is 0. The van der Waals surface area contributed by atoms with Crippen molar-refractivity contribution in [2.75, 3.05) is 0 Å². The minimum absolute atomic E-state index is 0.619. The predicted molar refractivity (Wildman–Crippen MR) is 185 cm³/mol. The van der Waals surface area contributed by atoms with Crippen molar-refractivity contribution in [1.29, 1.82) is 0 Å². The molecule has 0 saturated carbocycles. The molecular weight excluding hydrogens is 560 g/mol. The predicted octanol–water partition coefficient (Wildman–Crippen LogP) is 8.58. The fourth-order valence-electron chi connectivity index (χ4n) is 7.30. The molecule has 0 spiro atoms. The van der Waals surface area contributed by atoms with E-state index in [2.05, 4.69) is 42.7 Å². The zero-order chi connectivity index (χ0) is 31.6. The highest BCUT2D eigenvalue weighted by molar-refractivity contribution is 5.78. The molecule has 2 N–H and O–H groups in total. The van der Waals surface area contributed by atoms with E-state index in [0.717, 1.165) is 29.5 Å².